The van der Waals surface area contributed by atoms with Crippen LogP contribution >= 0.6 is 0 Å². The van der Waals surface area contributed by atoms with Gasteiger partial charge in [0, 0.05) is 24.7 Å². The summed E-state index contributed by atoms with van der Waals surface area (Å²) < 4.78 is 0. The van der Waals surface area contributed by atoms with E-state index in [-0.39, 0.29) is 11.8 Å². The number of fused-ring (bicyclic) bond motifs is 1. The monoisotopic (exact) mass is 256 g/mol. The average Bonchev–Trinajstić information content (AvgIpc) is 2.89. The van der Waals surface area contributed by atoms with E-state index in [2.05, 4.69) is 9.88 Å². The average molecular weight is 256 g/mol. The summed E-state index contributed by atoms with van der Waals surface area (Å²) in [6, 6.07) is 7.76. The van der Waals surface area contributed by atoms with Gasteiger partial charge in [-0.25, -0.2) is 0 Å². The Balaban J connectivity index is 1.98. The molecule has 0 aliphatic carbocycles. The molecule has 1 unspecified atom stereocenters. The Bertz CT molecular complexity index is 640. The molecule has 0 spiro atoms. The van der Waals surface area contributed by atoms with Crippen molar-refractivity contribution in [3.8, 4) is 0 Å². The Morgan fingerprint density at radius 1 is 1.37 bits per heavy atom. The number of anilines is 2. The van der Waals surface area contributed by atoms with Gasteiger partial charge in [-0.05, 0) is 30.7 Å². The molecule has 19 heavy (non-hydrogen) atoms. The lowest BCUT2D eigenvalue weighted by atomic mass is 10.1. The minimum atomic E-state index is -0.233. The molecule has 4 N–H and O–H groups in total. The Labute approximate surface area is 111 Å². The second kappa shape index (κ2) is 4.42. The summed E-state index contributed by atoms with van der Waals surface area (Å²) in [5.74, 6) is -0.312. The van der Waals surface area contributed by atoms with Crippen LogP contribution in [0, 0.1) is 5.92 Å². The van der Waals surface area contributed by atoms with E-state index in [1.807, 2.05) is 24.3 Å². The van der Waals surface area contributed by atoms with Crippen LogP contribution in [0.2, 0.25) is 0 Å². The van der Waals surface area contributed by atoms with Crippen LogP contribution in [0.3, 0.4) is 0 Å². The molecule has 0 bridgehead atoms. The topological polar surface area (TPSA) is 85.2 Å². The number of hydrogen-bond acceptors (Lipinski definition) is 4. The van der Waals surface area contributed by atoms with Crippen molar-refractivity contribution in [2.75, 3.05) is 23.7 Å². The SMILES string of the molecule is NC(=O)C1CCN(c2ccc3ncccc3c2N)C1. The van der Waals surface area contributed by atoms with Gasteiger partial charge in [0.25, 0.3) is 0 Å². The number of pyridine rings is 1. The van der Waals surface area contributed by atoms with Gasteiger partial charge in [0.05, 0.1) is 22.8 Å². The third-order valence-electron chi connectivity index (χ3n) is 3.74. The predicted octanol–water partition coefficient (Wildman–Crippen LogP) is 1.13. The zero-order valence-electron chi connectivity index (χ0n) is 10.5. The van der Waals surface area contributed by atoms with Crippen LogP contribution in [-0.2, 0) is 4.79 Å². The fourth-order valence-electron chi connectivity index (χ4n) is 2.65. The molecule has 0 radical (unpaired) electrons. The molecule has 5 nitrogen and oxygen atoms in total. The number of carbonyl (C=O) groups excluding carboxylic acids is 1. The van der Waals surface area contributed by atoms with E-state index in [1.165, 1.54) is 0 Å². The summed E-state index contributed by atoms with van der Waals surface area (Å²) in [5, 5.41) is 0.947. The Morgan fingerprint density at radius 2 is 2.21 bits per heavy atom. The maximum absolute atomic E-state index is 11.2. The lowest BCUT2D eigenvalue weighted by Crippen LogP contribution is -2.27. The number of carbonyl (C=O) groups is 1. The van der Waals surface area contributed by atoms with E-state index in [9.17, 15) is 4.79 Å². The number of amides is 1. The predicted molar refractivity (Wildman–Crippen MR) is 75.7 cm³/mol. The minimum Gasteiger partial charge on any atom is -0.396 e. The van der Waals surface area contributed by atoms with E-state index in [0.29, 0.717) is 6.54 Å². The zero-order chi connectivity index (χ0) is 13.4. The molecule has 1 aliphatic rings. The Kier molecular flexibility index (Phi) is 2.74. The third-order valence-corrected chi connectivity index (χ3v) is 3.74. The van der Waals surface area contributed by atoms with Gasteiger partial charge in [0.1, 0.15) is 0 Å². The second-order valence-corrected chi connectivity index (χ2v) is 4.90. The van der Waals surface area contributed by atoms with Gasteiger partial charge in [0.15, 0.2) is 0 Å². The summed E-state index contributed by atoms with van der Waals surface area (Å²) in [5.41, 5.74) is 14.1. The van der Waals surface area contributed by atoms with Crippen molar-refractivity contribution in [1.29, 1.82) is 0 Å². The molecule has 1 aliphatic heterocycles. The lowest BCUT2D eigenvalue weighted by molar-refractivity contribution is -0.121. The van der Waals surface area contributed by atoms with Gasteiger partial charge in [-0.1, -0.05) is 0 Å². The smallest absolute Gasteiger partial charge is 0.222 e. The Hall–Kier alpha value is -2.30. The highest BCUT2D eigenvalue weighted by atomic mass is 16.1. The molecule has 0 saturated carbocycles. The van der Waals surface area contributed by atoms with Gasteiger partial charge in [-0.2, -0.15) is 0 Å². The number of rotatable bonds is 2. The molecular weight excluding hydrogens is 240 g/mol. The summed E-state index contributed by atoms with van der Waals surface area (Å²) in [6.07, 6.45) is 2.54. The van der Waals surface area contributed by atoms with Gasteiger partial charge >= 0.3 is 0 Å². The number of hydrogen-bond donors (Lipinski definition) is 2. The van der Waals surface area contributed by atoms with Crippen molar-refractivity contribution in [2.24, 2.45) is 11.7 Å². The van der Waals surface area contributed by atoms with Crippen LogP contribution in [0.1, 0.15) is 6.42 Å². The summed E-state index contributed by atoms with van der Waals surface area (Å²) >= 11 is 0. The Morgan fingerprint density at radius 3 is 2.95 bits per heavy atom. The van der Waals surface area contributed by atoms with Crippen LogP contribution in [0.5, 0.6) is 0 Å². The standard InChI is InChI=1S/C14H16N4O/c15-13-10-2-1-6-17-11(10)3-4-12(13)18-7-5-9(8-18)14(16)19/h1-4,6,9H,5,7-8,15H2,(H2,16,19). The first-order chi connectivity index (χ1) is 9.16. The largest absolute Gasteiger partial charge is 0.396 e. The van der Waals surface area contributed by atoms with Crippen molar-refractivity contribution < 1.29 is 4.79 Å². The van der Waals surface area contributed by atoms with Crippen molar-refractivity contribution in [3.05, 3.63) is 30.5 Å². The normalized spacial score (nSPS) is 18.9. The highest BCUT2D eigenvalue weighted by Gasteiger charge is 2.27. The number of aromatic nitrogens is 1. The van der Waals surface area contributed by atoms with Crippen molar-refractivity contribution in [3.63, 3.8) is 0 Å². The van der Waals surface area contributed by atoms with E-state index in [0.717, 1.165) is 35.2 Å². The first-order valence-electron chi connectivity index (χ1n) is 6.34. The zero-order valence-corrected chi connectivity index (χ0v) is 10.5. The summed E-state index contributed by atoms with van der Waals surface area (Å²) in [6.45, 7) is 1.45. The van der Waals surface area contributed by atoms with Gasteiger partial charge < -0.3 is 16.4 Å². The number of nitrogens with two attached hydrogens (primary N) is 2. The highest BCUT2D eigenvalue weighted by molar-refractivity contribution is 5.97. The number of nitrogen functional groups attached to an aromatic ring is 1. The quantitative estimate of drug-likeness (QED) is 0.789. The molecule has 1 amide bonds. The first-order valence-corrected chi connectivity index (χ1v) is 6.34. The molecule has 1 aromatic heterocycles. The molecule has 2 aromatic rings. The maximum atomic E-state index is 11.2. The van der Waals surface area contributed by atoms with Gasteiger partial charge in [-0.15, -0.1) is 0 Å². The molecule has 98 valence electrons. The number of nitrogens with zero attached hydrogens (tertiary/aromatic N) is 2. The molecule has 5 heteroatoms. The van der Waals surface area contributed by atoms with Crippen molar-refractivity contribution in [1.82, 2.24) is 4.98 Å². The van der Waals surface area contributed by atoms with Crippen LogP contribution in [-0.4, -0.2) is 24.0 Å². The van der Waals surface area contributed by atoms with Crippen LogP contribution < -0.4 is 16.4 Å². The minimum absolute atomic E-state index is 0.0796. The highest BCUT2D eigenvalue weighted by Crippen LogP contribution is 2.33. The van der Waals surface area contributed by atoms with Gasteiger partial charge in [-0.3, -0.25) is 9.78 Å². The fraction of sp³-hybridized carbons (Fsp3) is 0.286. The number of benzene rings is 1. The van der Waals surface area contributed by atoms with E-state index >= 15 is 0 Å². The van der Waals surface area contributed by atoms with Crippen LogP contribution in [0.15, 0.2) is 30.5 Å². The van der Waals surface area contributed by atoms with Gasteiger partial charge in [0.2, 0.25) is 5.91 Å². The third kappa shape index (κ3) is 1.97. The van der Waals surface area contributed by atoms with E-state index in [4.69, 9.17) is 11.5 Å². The summed E-state index contributed by atoms with van der Waals surface area (Å²) in [4.78, 5) is 17.6. The molecule has 1 fully saturated rings. The molecule has 1 atom stereocenters. The van der Waals surface area contributed by atoms with Crippen LogP contribution in [0.4, 0.5) is 11.4 Å². The molecule has 3 rings (SSSR count). The van der Waals surface area contributed by atoms with Crippen molar-refractivity contribution >= 4 is 28.2 Å². The second-order valence-electron chi connectivity index (χ2n) is 4.90. The van der Waals surface area contributed by atoms with Crippen LogP contribution in [0.25, 0.3) is 10.9 Å². The molecule has 2 heterocycles. The van der Waals surface area contributed by atoms with E-state index in [1.54, 1.807) is 6.20 Å². The van der Waals surface area contributed by atoms with E-state index < -0.39 is 0 Å². The molecular formula is C14H16N4O. The van der Waals surface area contributed by atoms with Crippen molar-refractivity contribution in [2.45, 2.75) is 6.42 Å². The molecule has 1 aromatic carbocycles. The first kappa shape index (κ1) is 11.8. The lowest BCUT2D eigenvalue weighted by Gasteiger charge is -2.21. The fourth-order valence-corrected chi connectivity index (χ4v) is 2.65. The number of primary amides is 1. The summed E-state index contributed by atoms with van der Waals surface area (Å²) in [7, 11) is 0. The maximum Gasteiger partial charge on any atom is 0.222 e. The molecule has 1 saturated heterocycles.